The Bertz CT molecular complexity index is 2110. The van der Waals surface area contributed by atoms with Crippen LogP contribution in [0.2, 0.25) is 25.7 Å². The molecule has 3 aliphatic rings. The third kappa shape index (κ3) is 6.64. The zero-order valence-corrected chi connectivity index (χ0v) is 30.9. The first-order valence-electron chi connectivity index (χ1n) is 18.1. The van der Waals surface area contributed by atoms with Crippen molar-refractivity contribution in [3.63, 3.8) is 0 Å². The van der Waals surface area contributed by atoms with Crippen LogP contribution in [0.4, 0.5) is 4.79 Å². The lowest BCUT2D eigenvalue weighted by Gasteiger charge is -2.27. The van der Waals surface area contributed by atoms with Crippen LogP contribution in [0, 0.1) is 11.8 Å². The standard InChI is InChI=1S/C38H47N7O5Si/c1-48-33-17-28(37(46)44-22-27-11-12-31(44)35(27)50-38(39)47)15-29-34(33)45(21-25-18-40-42(19-25)23-49-13-14-51(2,3)4)36(41-29)32-16-26-7-5-6-8-30(26)43(32)20-24-9-10-24/h5-8,15-19,24,27,31,35H,9-14,20-23H2,1-4H3,(H2,39,47)/t27-,31-,35-/m1/s1. The van der Waals surface area contributed by atoms with Gasteiger partial charge in [-0.15, -0.1) is 0 Å². The Kier molecular flexibility index (Phi) is 8.65. The van der Waals surface area contributed by atoms with Crippen LogP contribution in [-0.2, 0) is 29.3 Å². The fourth-order valence-electron chi connectivity index (χ4n) is 7.94. The normalized spacial score (nSPS) is 20.2. The maximum Gasteiger partial charge on any atom is 0.404 e. The number of carbonyl (C=O) groups is 2. The first-order chi connectivity index (χ1) is 24.6. The minimum atomic E-state index is -1.19. The predicted molar refractivity (Wildman–Crippen MR) is 197 cm³/mol. The Balaban J connectivity index is 1.18. The summed E-state index contributed by atoms with van der Waals surface area (Å²) >= 11 is 0. The number of aromatic nitrogens is 5. The Morgan fingerprint density at radius 1 is 1.04 bits per heavy atom. The van der Waals surface area contributed by atoms with Gasteiger partial charge in [-0.3, -0.25) is 4.79 Å². The number of imidazole rings is 1. The molecule has 8 rings (SSSR count). The molecule has 268 valence electrons. The second-order valence-electron chi connectivity index (χ2n) is 15.7. The van der Waals surface area contributed by atoms with E-state index in [2.05, 4.69) is 64.2 Å². The van der Waals surface area contributed by atoms with Crippen molar-refractivity contribution >= 4 is 42.0 Å². The number of piperidine rings is 1. The molecule has 13 heteroatoms. The van der Waals surface area contributed by atoms with Crippen LogP contribution < -0.4 is 10.5 Å². The van der Waals surface area contributed by atoms with Gasteiger partial charge in [-0.2, -0.15) is 5.10 Å². The van der Waals surface area contributed by atoms with Gasteiger partial charge in [0.25, 0.3) is 5.91 Å². The van der Waals surface area contributed by atoms with Gasteiger partial charge in [-0.25, -0.2) is 14.5 Å². The summed E-state index contributed by atoms with van der Waals surface area (Å²) in [6.07, 6.45) is 6.87. The maximum atomic E-state index is 14.1. The monoisotopic (exact) mass is 709 g/mol. The van der Waals surface area contributed by atoms with E-state index in [1.807, 2.05) is 34.1 Å². The number of amides is 2. The highest BCUT2D eigenvalue weighted by atomic mass is 28.3. The molecular weight excluding hydrogens is 663 g/mol. The molecule has 3 aromatic heterocycles. The van der Waals surface area contributed by atoms with Crippen molar-refractivity contribution < 1.29 is 23.8 Å². The minimum absolute atomic E-state index is 0.0860. The molecule has 1 saturated heterocycles. The van der Waals surface area contributed by atoms with Gasteiger partial charge in [0.1, 0.15) is 24.1 Å². The van der Waals surface area contributed by atoms with E-state index in [9.17, 15) is 9.59 Å². The second-order valence-corrected chi connectivity index (χ2v) is 21.3. The molecule has 0 spiro atoms. The summed E-state index contributed by atoms with van der Waals surface area (Å²) in [6, 6.07) is 15.3. The Labute approximate surface area is 298 Å². The van der Waals surface area contributed by atoms with Crippen molar-refractivity contribution in [2.45, 2.75) is 83.3 Å². The van der Waals surface area contributed by atoms with E-state index < -0.39 is 14.2 Å². The third-order valence-corrected chi connectivity index (χ3v) is 12.4. The van der Waals surface area contributed by atoms with Crippen LogP contribution in [0.15, 0.2) is 54.9 Å². The number of benzene rings is 2. The van der Waals surface area contributed by atoms with Crippen molar-refractivity contribution in [3.8, 4) is 17.3 Å². The number of hydrogen-bond acceptors (Lipinski definition) is 7. The fourth-order valence-corrected chi connectivity index (χ4v) is 8.70. The number of carbonyl (C=O) groups excluding carboxylic acids is 2. The number of hydrogen-bond donors (Lipinski definition) is 1. The molecule has 2 aliphatic carbocycles. The molecule has 2 aromatic carbocycles. The van der Waals surface area contributed by atoms with E-state index in [1.165, 1.54) is 18.4 Å². The molecule has 12 nitrogen and oxygen atoms in total. The zero-order valence-electron chi connectivity index (χ0n) is 29.9. The largest absolute Gasteiger partial charge is 0.494 e. The number of para-hydroxylation sites is 1. The lowest BCUT2D eigenvalue weighted by molar-refractivity contribution is 0.0598. The van der Waals surface area contributed by atoms with E-state index in [4.69, 9.17) is 24.9 Å². The molecule has 1 aliphatic heterocycles. The van der Waals surface area contributed by atoms with Crippen molar-refractivity contribution in [1.82, 2.24) is 28.8 Å². The molecule has 5 aromatic rings. The van der Waals surface area contributed by atoms with Crippen molar-refractivity contribution in [2.24, 2.45) is 17.6 Å². The van der Waals surface area contributed by atoms with Crippen LogP contribution in [0.1, 0.15) is 41.6 Å². The first kappa shape index (κ1) is 33.5. The van der Waals surface area contributed by atoms with Gasteiger partial charge in [-0.05, 0) is 61.9 Å². The van der Waals surface area contributed by atoms with Crippen molar-refractivity contribution in [3.05, 3.63) is 66.0 Å². The van der Waals surface area contributed by atoms with Crippen LogP contribution >= 0.6 is 0 Å². The van der Waals surface area contributed by atoms with E-state index in [-0.39, 0.29) is 24.0 Å². The summed E-state index contributed by atoms with van der Waals surface area (Å²) < 4.78 is 23.9. The van der Waals surface area contributed by atoms with Gasteiger partial charge in [0.2, 0.25) is 0 Å². The Hall–Kier alpha value is -4.62. The molecule has 2 N–H and O–H groups in total. The molecule has 3 atom stereocenters. The smallest absolute Gasteiger partial charge is 0.404 e. The number of primary amides is 1. The van der Waals surface area contributed by atoms with Crippen LogP contribution in [-0.4, -0.2) is 81.3 Å². The van der Waals surface area contributed by atoms with Gasteiger partial charge in [0.15, 0.2) is 5.82 Å². The second kappa shape index (κ2) is 13.2. The van der Waals surface area contributed by atoms with Crippen molar-refractivity contribution in [1.29, 1.82) is 0 Å². The number of nitrogens with two attached hydrogens (primary N) is 1. The van der Waals surface area contributed by atoms with Gasteiger partial charge < -0.3 is 34.0 Å². The number of nitrogens with zero attached hydrogens (tertiary/aromatic N) is 6. The minimum Gasteiger partial charge on any atom is -0.494 e. The molecule has 0 unspecified atom stereocenters. The number of likely N-dealkylation sites (tertiary alicyclic amines) is 1. The summed E-state index contributed by atoms with van der Waals surface area (Å²) in [6.45, 7) is 10.1. The number of ether oxygens (including phenoxy) is 3. The average Bonchev–Trinajstić information content (AvgIpc) is 3.42. The Morgan fingerprint density at radius 2 is 1.86 bits per heavy atom. The van der Waals surface area contributed by atoms with Gasteiger partial charge >= 0.3 is 6.09 Å². The molecule has 4 heterocycles. The lowest BCUT2D eigenvalue weighted by atomic mass is 10.1. The molecule has 51 heavy (non-hydrogen) atoms. The zero-order chi connectivity index (χ0) is 35.4. The van der Waals surface area contributed by atoms with E-state index in [0.29, 0.717) is 42.6 Å². The molecule has 3 fully saturated rings. The van der Waals surface area contributed by atoms with Crippen LogP contribution in [0.5, 0.6) is 5.75 Å². The van der Waals surface area contributed by atoms with Gasteiger partial charge in [0.05, 0.1) is 37.1 Å². The number of methoxy groups -OCH3 is 1. The van der Waals surface area contributed by atoms with Gasteiger partial charge in [-0.1, -0.05) is 37.8 Å². The first-order valence-corrected chi connectivity index (χ1v) is 21.8. The highest BCUT2D eigenvalue weighted by molar-refractivity contribution is 6.76. The highest BCUT2D eigenvalue weighted by Gasteiger charge is 2.51. The molecule has 0 radical (unpaired) electrons. The molecular formula is C38H47N7O5Si. The van der Waals surface area contributed by atoms with Gasteiger partial charge in [0, 0.05) is 61.9 Å². The van der Waals surface area contributed by atoms with Crippen LogP contribution in [0.25, 0.3) is 33.5 Å². The molecule has 2 amide bonds. The van der Waals surface area contributed by atoms with Crippen molar-refractivity contribution in [2.75, 3.05) is 20.3 Å². The molecule has 2 bridgehead atoms. The Morgan fingerprint density at radius 3 is 2.63 bits per heavy atom. The topological polar surface area (TPSA) is 132 Å². The van der Waals surface area contributed by atoms with E-state index in [1.54, 1.807) is 7.11 Å². The SMILES string of the molecule is COc1cc(C(=O)N2C[C@H]3CC[C@@H]2[C@@H]3OC(N)=O)cc2nc(-c3cc4ccccc4n3CC3CC3)n(Cc3cnn(COCC[Si](C)(C)C)c3)c12. The predicted octanol–water partition coefficient (Wildman–Crippen LogP) is 6.33. The molecule has 2 saturated carbocycles. The number of fused-ring (bicyclic) bond motifs is 4. The van der Waals surface area contributed by atoms with E-state index >= 15 is 0 Å². The summed E-state index contributed by atoms with van der Waals surface area (Å²) in [4.78, 5) is 32.9. The summed E-state index contributed by atoms with van der Waals surface area (Å²) in [5.74, 6) is 1.97. The summed E-state index contributed by atoms with van der Waals surface area (Å²) in [7, 11) is 0.446. The average molecular weight is 710 g/mol. The van der Waals surface area contributed by atoms with Crippen LogP contribution in [0.3, 0.4) is 0 Å². The fraction of sp³-hybridized carbons (Fsp3) is 0.474. The third-order valence-electron chi connectivity index (χ3n) is 10.7. The lowest BCUT2D eigenvalue weighted by Crippen LogP contribution is -2.40. The maximum absolute atomic E-state index is 14.1. The van der Waals surface area contributed by atoms with E-state index in [0.717, 1.165) is 60.0 Å². The summed E-state index contributed by atoms with van der Waals surface area (Å²) in [5.41, 5.74) is 10.6. The number of rotatable bonds is 13. The summed E-state index contributed by atoms with van der Waals surface area (Å²) in [5, 5.41) is 5.79. The highest BCUT2D eigenvalue weighted by Crippen LogP contribution is 2.42. The quantitative estimate of drug-likeness (QED) is 0.112.